The molecule has 0 bridgehead atoms. The summed E-state index contributed by atoms with van der Waals surface area (Å²) in [5.41, 5.74) is 0.887. The molecule has 0 aliphatic heterocycles. The molecule has 86 valence electrons. The molecule has 5 heteroatoms. The lowest BCUT2D eigenvalue weighted by atomic mass is 10.1. The van der Waals surface area contributed by atoms with Gasteiger partial charge >= 0.3 is 11.9 Å². The van der Waals surface area contributed by atoms with E-state index in [-0.39, 0.29) is 11.5 Å². The van der Waals surface area contributed by atoms with Crippen LogP contribution in [0.4, 0.5) is 0 Å². The minimum atomic E-state index is -0.988. The van der Waals surface area contributed by atoms with E-state index in [1.165, 1.54) is 6.07 Å². The van der Waals surface area contributed by atoms with Gasteiger partial charge in [0.2, 0.25) is 0 Å². The average molecular weight is 223 g/mol. The summed E-state index contributed by atoms with van der Waals surface area (Å²) in [4.78, 5) is 21.9. The quantitative estimate of drug-likeness (QED) is 0.814. The molecule has 1 saturated carbocycles. The Morgan fingerprint density at radius 3 is 2.50 bits per heavy atom. The molecule has 1 aromatic rings. The van der Waals surface area contributed by atoms with Gasteiger partial charge in [-0.05, 0) is 25.8 Å². The van der Waals surface area contributed by atoms with Gasteiger partial charge in [-0.2, -0.15) is 0 Å². The van der Waals surface area contributed by atoms with Gasteiger partial charge in [-0.25, -0.2) is 9.59 Å². The fourth-order valence-corrected chi connectivity index (χ4v) is 1.88. The third-order valence-corrected chi connectivity index (χ3v) is 2.93. The van der Waals surface area contributed by atoms with Crippen molar-refractivity contribution in [3.05, 3.63) is 23.5 Å². The number of carboxylic acids is 2. The molecular weight excluding hydrogens is 210 g/mol. The summed E-state index contributed by atoms with van der Waals surface area (Å²) in [5.74, 6) is -1.73. The van der Waals surface area contributed by atoms with Gasteiger partial charge in [-0.15, -0.1) is 0 Å². The normalized spacial score (nSPS) is 17.1. The highest BCUT2D eigenvalue weighted by Crippen LogP contribution is 2.43. The van der Waals surface area contributed by atoms with Crippen LogP contribution in [0.3, 0.4) is 0 Å². The van der Waals surface area contributed by atoms with Crippen molar-refractivity contribution in [2.24, 2.45) is 0 Å². The lowest BCUT2D eigenvalue weighted by Gasteiger charge is -2.13. The van der Waals surface area contributed by atoms with Crippen LogP contribution in [0.2, 0.25) is 0 Å². The first kappa shape index (κ1) is 10.7. The van der Waals surface area contributed by atoms with Crippen molar-refractivity contribution in [2.75, 3.05) is 0 Å². The van der Waals surface area contributed by atoms with Crippen LogP contribution in [0, 0.1) is 0 Å². The van der Waals surface area contributed by atoms with Gasteiger partial charge in [0.1, 0.15) is 6.04 Å². The van der Waals surface area contributed by atoms with E-state index < -0.39 is 18.0 Å². The van der Waals surface area contributed by atoms with Gasteiger partial charge in [0.25, 0.3) is 0 Å². The lowest BCUT2D eigenvalue weighted by Crippen LogP contribution is -2.17. The van der Waals surface area contributed by atoms with Gasteiger partial charge in [-0.3, -0.25) is 0 Å². The summed E-state index contributed by atoms with van der Waals surface area (Å²) in [5, 5.41) is 18.0. The minimum Gasteiger partial charge on any atom is -0.480 e. The summed E-state index contributed by atoms with van der Waals surface area (Å²) < 4.78 is 1.56. The number of aromatic nitrogens is 1. The largest absolute Gasteiger partial charge is 0.480 e. The standard InChI is InChI=1S/C11H13NO4/c1-6(10(13)14)12-5-4-8(11(15)16)9(12)7-2-3-7/h4-7H,2-3H2,1H3,(H,13,14)(H,15,16). The third-order valence-electron chi connectivity index (χ3n) is 2.93. The fourth-order valence-electron chi connectivity index (χ4n) is 1.88. The molecule has 1 aliphatic carbocycles. The predicted molar refractivity (Wildman–Crippen MR) is 55.7 cm³/mol. The van der Waals surface area contributed by atoms with Gasteiger partial charge in [0.15, 0.2) is 0 Å². The number of carbonyl (C=O) groups is 2. The zero-order chi connectivity index (χ0) is 11.9. The average Bonchev–Trinajstić information content (AvgIpc) is 2.95. The Balaban J connectivity index is 2.45. The first-order valence-electron chi connectivity index (χ1n) is 5.19. The van der Waals surface area contributed by atoms with Gasteiger partial charge in [0.05, 0.1) is 5.56 Å². The Morgan fingerprint density at radius 2 is 2.06 bits per heavy atom. The Labute approximate surface area is 92.3 Å². The molecule has 1 atom stereocenters. The fraction of sp³-hybridized carbons (Fsp3) is 0.455. The maximum atomic E-state index is 11.0. The van der Waals surface area contributed by atoms with Crippen LogP contribution in [0.5, 0.6) is 0 Å². The second kappa shape index (κ2) is 3.66. The molecule has 1 heterocycles. The molecule has 5 nitrogen and oxygen atoms in total. The monoisotopic (exact) mass is 223 g/mol. The maximum absolute atomic E-state index is 11.0. The molecule has 1 aromatic heterocycles. The number of hydrogen-bond donors (Lipinski definition) is 2. The third kappa shape index (κ3) is 1.68. The van der Waals surface area contributed by atoms with E-state index >= 15 is 0 Å². The van der Waals surface area contributed by atoms with Gasteiger partial charge < -0.3 is 14.8 Å². The molecular formula is C11H13NO4. The smallest absolute Gasteiger partial charge is 0.337 e. The Morgan fingerprint density at radius 1 is 1.44 bits per heavy atom. The van der Waals surface area contributed by atoms with E-state index in [1.807, 2.05) is 0 Å². The van der Waals surface area contributed by atoms with E-state index in [1.54, 1.807) is 17.7 Å². The predicted octanol–water partition coefficient (Wildman–Crippen LogP) is 1.71. The summed E-state index contributed by atoms with van der Waals surface area (Å²) in [6.07, 6.45) is 3.43. The van der Waals surface area contributed by atoms with Gasteiger partial charge in [0, 0.05) is 17.8 Å². The number of aliphatic carboxylic acids is 1. The van der Waals surface area contributed by atoms with Crippen LogP contribution in [-0.4, -0.2) is 26.7 Å². The number of carboxylic acid groups (broad SMARTS) is 2. The van der Waals surface area contributed by atoms with Crippen molar-refractivity contribution in [1.29, 1.82) is 0 Å². The SMILES string of the molecule is CC(C(=O)O)n1ccc(C(=O)O)c1C1CC1. The first-order valence-corrected chi connectivity index (χ1v) is 5.19. The Bertz CT molecular complexity index is 445. The lowest BCUT2D eigenvalue weighted by molar-refractivity contribution is -0.140. The first-order chi connectivity index (χ1) is 7.52. The number of aromatic carboxylic acids is 1. The van der Waals surface area contributed by atoms with Crippen LogP contribution < -0.4 is 0 Å². The van der Waals surface area contributed by atoms with E-state index in [9.17, 15) is 9.59 Å². The number of hydrogen-bond acceptors (Lipinski definition) is 2. The highest BCUT2D eigenvalue weighted by Gasteiger charge is 2.33. The van der Waals surface area contributed by atoms with Crippen LogP contribution in [0.1, 0.15) is 47.8 Å². The zero-order valence-electron chi connectivity index (χ0n) is 8.88. The van der Waals surface area contributed by atoms with Crippen LogP contribution in [0.15, 0.2) is 12.3 Å². The summed E-state index contributed by atoms with van der Waals surface area (Å²) in [7, 11) is 0. The second-order valence-electron chi connectivity index (χ2n) is 4.12. The molecule has 1 aliphatic rings. The van der Waals surface area contributed by atoms with E-state index in [4.69, 9.17) is 10.2 Å². The van der Waals surface area contributed by atoms with Crippen molar-refractivity contribution in [3.63, 3.8) is 0 Å². The second-order valence-corrected chi connectivity index (χ2v) is 4.12. The van der Waals surface area contributed by atoms with Crippen LogP contribution >= 0.6 is 0 Å². The Kier molecular flexibility index (Phi) is 2.46. The summed E-state index contributed by atoms with van der Waals surface area (Å²) in [6, 6.07) is 0.763. The van der Waals surface area contributed by atoms with E-state index in [0.717, 1.165) is 12.8 Å². The molecule has 2 N–H and O–H groups in total. The maximum Gasteiger partial charge on any atom is 0.337 e. The highest BCUT2D eigenvalue weighted by atomic mass is 16.4. The molecule has 2 rings (SSSR count). The number of rotatable bonds is 4. The van der Waals surface area contributed by atoms with Crippen molar-refractivity contribution in [3.8, 4) is 0 Å². The van der Waals surface area contributed by atoms with E-state index in [2.05, 4.69) is 0 Å². The topological polar surface area (TPSA) is 79.5 Å². The molecule has 0 spiro atoms. The molecule has 0 aromatic carbocycles. The summed E-state index contributed by atoms with van der Waals surface area (Å²) >= 11 is 0. The molecule has 1 unspecified atom stereocenters. The van der Waals surface area contributed by atoms with Crippen molar-refractivity contribution >= 4 is 11.9 Å². The molecule has 0 saturated heterocycles. The van der Waals surface area contributed by atoms with Crippen molar-refractivity contribution in [1.82, 2.24) is 4.57 Å². The molecule has 0 radical (unpaired) electrons. The van der Waals surface area contributed by atoms with Crippen LogP contribution in [0.25, 0.3) is 0 Å². The number of nitrogens with zero attached hydrogens (tertiary/aromatic N) is 1. The van der Waals surface area contributed by atoms with Crippen molar-refractivity contribution < 1.29 is 19.8 Å². The Hall–Kier alpha value is -1.78. The van der Waals surface area contributed by atoms with Crippen molar-refractivity contribution in [2.45, 2.75) is 31.7 Å². The zero-order valence-corrected chi connectivity index (χ0v) is 8.88. The van der Waals surface area contributed by atoms with Crippen LogP contribution in [-0.2, 0) is 4.79 Å². The van der Waals surface area contributed by atoms with E-state index in [0.29, 0.717) is 5.69 Å². The molecule has 0 amide bonds. The molecule has 1 fully saturated rings. The van der Waals surface area contributed by atoms with Gasteiger partial charge in [-0.1, -0.05) is 0 Å². The molecule has 16 heavy (non-hydrogen) atoms. The minimum absolute atomic E-state index is 0.211. The highest BCUT2D eigenvalue weighted by molar-refractivity contribution is 5.89. The summed E-state index contributed by atoms with van der Waals surface area (Å²) in [6.45, 7) is 1.56.